The topological polar surface area (TPSA) is 80.5 Å². The van der Waals surface area contributed by atoms with Crippen LogP contribution < -0.4 is 4.31 Å². The molecule has 7 heteroatoms. The monoisotopic (exact) mass is 320 g/mol. The summed E-state index contributed by atoms with van der Waals surface area (Å²) in [5.41, 5.74) is 1.73. The Balaban J connectivity index is 2.52. The van der Waals surface area contributed by atoms with Crippen LogP contribution in [0.4, 0.5) is 11.4 Å². The van der Waals surface area contributed by atoms with E-state index >= 15 is 0 Å². The smallest absolute Gasteiger partial charge is 0.269 e. The highest BCUT2D eigenvalue weighted by atomic mass is 32.2. The minimum Gasteiger partial charge on any atom is -0.269 e. The normalized spacial score (nSPS) is 11.2. The van der Waals surface area contributed by atoms with Crippen LogP contribution in [-0.2, 0) is 10.0 Å². The van der Waals surface area contributed by atoms with E-state index in [-0.39, 0.29) is 10.6 Å². The van der Waals surface area contributed by atoms with Crippen LogP contribution in [0.3, 0.4) is 0 Å². The molecule has 0 N–H and O–H groups in total. The lowest BCUT2D eigenvalue weighted by atomic mass is 10.2. The van der Waals surface area contributed by atoms with E-state index in [1.54, 1.807) is 19.1 Å². The first-order valence-corrected chi connectivity index (χ1v) is 7.98. The summed E-state index contributed by atoms with van der Waals surface area (Å²) < 4.78 is 26.6. The summed E-state index contributed by atoms with van der Waals surface area (Å²) >= 11 is 0. The van der Waals surface area contributed by atoms with Crippen molar-refractivity contribution in [3.63, 3.8) is 0 Å². The molecule has 0 unspecified atom stereocenters. The third-order valence-corrected chi connectivity index (χ3v) is 5.35. The van der Waals surface area contributed by atoms with Crippen LogP contribution in [0.2, 0.25) is 0 Å². The van der Waals surface area contributed by atoms with Gasteiger partial charge in [0.1, 0.15) is 0 Å². The zero-order valence-corrected chi connectivity index (χ0v) is 13.3. The van der Waals surface area contributed by atoms with Crippen molar-refractivity contribution in [2.45, 2.75) is 18.7 Å². The molecular weight excluding hydrogens is 304 g/mol. The molecule has 0 spiro atoms. The Bertz CT molecular complexity index is 814. The van der Waals surface area contributed by atoms with Crippen molar-refractivity contribution >= 4 is 21.4 Å². The summed E-state index contributed by atoms with van der Waals surface area (Å²) in [6.45, 7) is 3.52. The van der Waals surface area contributed by atoms with E-state index < -0.39 is 14.9 Å². The summed E-state index contributed by atoms with van der Waals surface area (Å²) in [5, 5.41) is 10.9. The van der Waals surface area contributed by atoms with E-state index in [1.165, 1.54) is 19.2 Å². The largest absolute Gasteiger partial charge is 0.270 e. The molecule has 0 saturated heterocycles. The second-order valence-electron chi connectivity index (χ2n) is 5.01. The molecule has 0 aliphatic rings. The fourth-order valence-electron chi connectivity index (χ4n) is 2.02. The number of anilines is 1. The van der Waals surface area contributed by atoms with Crippen molar-refractivity contribution in [3.8, 4) is 0 Å². The van der Waals surface area contributed by atoms with Gasteiger partial charge >= 0.3 is 0 Å². The van der Waals surface area contributed by atoms with Crippen molar-refractivity contribution in [3.05, 3.63) is 63.7 Å². The van der Waals surface area contributed by atoms with E-state index in [2.05, 4.69) is 0 Å². The molecule has 0 bridgehead atoms. The predicted molar refractivity (Wildman–Crippen MR) is 84.6 cm³/mol. The van der Waals surface area contributed by atoms with E-state index in [0.29, 0.717) is 11.3 Å². The summed E-state index contributed by atoms with van der Waals surface area (Å²) in [6.07, 6.45) is 0. The molecule has 0 atom stereocenters. The maximum Gasteiger partial charge on any atom is 0.270 e. The molecule has 0 aromatic heterocycles. The first kappa shape index (κ1) is 16.0. The van der Waals surface area contributed by atoms with Crippen molar-refractivity contribution in [2.75, 3.05) is 11.4 Å². The van der Waals surface area contributed by atoms with E-state index in [4.69, 9.17) is 0 Å². The van der Waals surface area contributed by atoms with Crippen LogP contribution in [-0.4, -0.2) is 20.4 Å². The Morgan fingerprint density at radius 2 is 1.64 bits per heavy atom. The van der Waals surface area contributed by atoms with Crippen molar-refractivity contribution < 1.29 is 13.3 Å². The number of nitrogens with zero attached hydrogens (tertiary/aromatic N) is 2. The highest BCUT2D eigenvalue weighted by Crippen LogP contribution is 2.27. The molecule has 22 heavy (non-hydrogen) atoms. The quantitative estimate of drug-likeness (QED) is 0.640. The van der Waals surface area contributed by atoms with Gasteiger partial charge in [-0.1, -0.05) is 23.8 Å². The lowest BCUT2D eigenvalue weighted by Crippen LogP contribution is -2.27. The number of sulfonamides is 1. The number of rotatable bonds is 4. The number of aryl methyl sites for hydroxylation is 2. The fraction of sp³-hybridized carbons (Fsp3) is 0.200. The number of benzene rings is 2. The lowest BCUT2D eigenvalue weighted by Gasteiger charge is -2.20. The van der Waals surface area contributed by atoms with Crippen molar-refractivity contribution in [1.29, 1.82) is 0 Å². The van der Waals surface area contributed by atoms with Crippen molar-refractivity contribution in [1.82, 2.24) is 0 Å². The molecule has 6 nitrogen and oxygen atoms in total. The molecular formula is C15H16N2O4S. The van der Waals surface area contributed by atoms with Crippen LogP contribution in [0.1, 0.15) is 11.1 Å². The molecule has 2 aromatic carbocycles. The van der Waals surface area contributed by atoms with Gasteiger partial charge in [0.25, 0.3) is 15.7 Å². The Morgan fingerprint density at radius 1 is 1.05 bits per heavy atom. The Morgan fingerprint density at radius 3 is 2.18 bits per heavy atom. The average Bonchev–Trinajstić information content (AvgIpc) is 2.47. The summed E-state index contributed by atoms with van der Waals surface area (Å²) in [6, 6.07) is 10.8. The van der Waals surface area contributed by atoms with Gasteiger partial charge in [0.05, 0.1) is 15.5 Å². The molecule has 0 amide bonds. The van der Waals surface area contributed by atoms with Crippen LogP contribution in [0.5, 0.6) is 0 Å². The van der Waals surface area contributed by atoms with Crippen LogP contribution >= 0.6 is 0 Å². The van der Waals surface area contributed by atoms with Crippen LogP contribution in [0.15, 0.2) is 47.4 Å². The first-order valence-electron chi connectivity index (χ1n) is 6.54. The number of nitro benzene ring substituents is 1. The maximum atomic E-state index is 12.7. The van der Waals surface area contributed by atoms with E-state index in [1.807, 2.05) is 19.1 Å². The average molecular weight is 320 g/mol. The van der Waals surface area contributed by atoms with Gasteiger partial charge in [-0.3, -0.25) is 14.4 Å². The fourth-order valence-corrected chi connectivity index (χ4v) is 3.46. The first-order chi connectivity index (χ1) is 10.2. The molecule has 0 aliphatic carbocycles. The van der Waals surface area contributed by atoms with Gasteiger partial charge in [-0.15, -0.1) is 0 Å². The maximum absolute atomic E-state index is 12.7. The van der Waals surface area contributed by atoms with E-state index in [0.717, 1.165) is 15.9 Å². The summed E-state index contributed by atoms with van der Waals surface area (Å²) in [4.78, 5) is 10.2. The molecule has 0 fully saturated rings. The lowest BCUT2D eigenvalue weighted by molar-refractivity contribution is -0.385. The molecule has 116 valence electrons. The molecule has 0 aliphatic heterocycles. The van der Waals surface area contributed by atoms with Gasteiger partial charge in [-0.2, -0.15) is 0 Å². The molecule has 2 rings (SSSR count). The standard InChI is InChI=1S/C15H16N2O4S/c1-11-4-7-13(8-5-11)16(3)22(20,21)15-10-14(17(18)19)9-6-12(15)2/h4-10H,1-3H3. The highest BCUT2D eigenvalue weighted by Gasteiger charge is 2.25. The zero-order valence-electron chi connectivity index (χ0n) is 12.5. The van der Waals surface area contributed by atoms with E-state index in [9.17, 15) is 18.5 Å². The second-order valence-corrected chi connectivity index (χ2v) is 6.95. The van der Waals surface area contributed by atoms with Crippen molar-refractivity contribution in [2.24, 2.45) is 0 Å². The number of nitro groups is 1. The van der Waals surface area contributed by atoms with Gasteiger partial charge in [0, 0.05) is 19.2 Å². The Labute approximate surface area is 129 Å². The van der Waals surface area contributed by atoms with Gasteiger partial charge < -0.3 is 0 Å². The SMILES string of the molecule is Cc1ccc(N(C)S(=O)(=O)c2cc([N+](=O)[O-])ccc2C)cc1. The minimum atomic E-state index is -3.86. The molecule has 0 heterocycles. The molecule has 0 saturated carbocycles. The Kier molecular flexibility index (Phi) is 4.18. The minimum absolute atomic E-state index is 0.0650. The zero-order chi connectivity index (χ0) is 16.5. The summed E-state index contributed by atoms with van der Waals surface area (Å²) in [5.74, 6) is 0. The second kappa shape index (κ2) is 5.76. The van der Waals surface area contributed by atoms with Crippen LogP contribution in [0.25, 0.3) is 0 Å². The third-order valence-electron chi connectivity index (χ3n) is 3.42. The number of hydrogen-bond acceptors (Lipinski definition) is 4. The van der Waals surface area contributed by atoms with Gasteiger partial charge in [-0.25, -0.2) is 8.42 Å². The van der Waals surface area contributed by atoms with Crippen LogP contribution in [0, 0.1) is 24.0 Å². The Hall–Kier alpha value is -2.41. The number of hydrogen-bond donors (Lipinski definition) is 0. The highest BCUT2D eigenvalue weighted by molar-refractivity contribution is 7.92. The predicted octanol–water partition coefficient (Wildman–Crippen LogP) is 3.04. The molecule has 2 aromatic rings. The third kappa shape index (κ3) is 2.94. The van der Waals surface area contributed by atoms with Gasteiger partial charge in [0.2, 0.25) is 0 Å². The van der Waals surface area contributed by atoms with Gasteiger partial charge in [0.15, 0.2) is 0 Å². The summed E-state index contributed by atoms with van der Waals surface area (Å²) in [7, 11) is -2.43. The van der Waals surface area contributed by atoms with Gasteiger partial charge in [-0.05, 0) is 31.5 Å². The number of non-ortho nitro benzene ring substituents is 1. The molecule has 0 radical (unpaired) electrons.